The van der Waals surface area contributed by atoms with Crippen LogP contribution < -0.4 is 9.80 Å². The standard InChI is InChI=1S/C21H28ClN5O2S/c1-17-18(22)7-6-8-19(17)30(28,29)27-15-13-26(14-16-27)21-10-9-20(23-24-21)25-11-4-2-3-5-12-25/h6-10H,2-5,11-16H2,1H3. The van der Waals surface area contributed by atoms with Crippen molar-refractivity contribution in [2.45, 2.75) is 37.5 Å². The molecule has 7 nitrogen and oxygen atoms in total. The fourth-order valence-electron chi connectivity index (χ4n) is 4.12. The maximum absolute atomic E-state index is 13.1. The normalized spacial score (nSPS) is 19.0. The van der Waals surface area contributed by atoms with Crippen LogP contribution in [0.15, 0.2) is 35.2 Å². The van der Waals surface area contributed by atoms with Gasteiger partial charge in [-0.25, -0.2) is 8.42 Å². The molecule has 0 atom stereocenters. The number of piperazine rings is 1. The number of hydrogen-bond acceptors (Lipinski definition) is 6. The molecule has 162 valence electrons. The Balaban J connectivity index is 1.41. The van der Waals surface area contributed by atoms with E-state index in [1.165, 1.54) is 30.0 Å². The average molecular weight is 450 g/mol. The second kappa shape index (κ2) is 9.08. The second-order valence-corrected chi connectivity index (χ2v) is 10.2. The molecule has 4 rings (SSSR count). The van der Waals surface area contributed by atoms with Crippen LogP contribution in [0.25, 0.3) is 0 Å². The summed E-state index contributed by atoms with van der Waals surface area (Å²) in [7, 11) is -3.57. The number of halogens is 1. The van der Waals surface area contributed by atoms with Gasteiger partial charge in [-0.2, -0.15) is 4.31 Å². The molecule has 2 saturated heterocycles. The lowest BCUT2D eigenvalue weighted by molar-refractivity contribution is 0.383. The van der Waals surface area contributed by atoms with Crippen LogP contribution in [0.2, 0.25) is 5.02 Å². The zero-order chi connectivity index (χ0) is 21.1. The monoisotopic (exact) mass is 449 g/mol. The average Bonchev–Trinajstić information content (AvgIpc) is 3.05. The summed E-state index contributed by atoms with van der Waals surface area (Å²) < 4.78 is 27.7. The SMILES string of the molecule is Cc1c(Cl)cccc1S(=O)(=O)N1CCN(c2ccc(N3CCCCCC3)nn2)CC1. The zero-order valence-electron chi connectivity index (χ0n) is 17.3. The Bertz CT molecular complexity index is 967. The van der Waals surface area contributed by atoms with Gasteiger partial charge in [0.05, 0.1) is 4.90 Å². The topological polar surface area (TPSA) is 69.6 Å². The molecule has 3 heterocycles. The van der Waals surface area contributed by atoms with E-state index >= 15 is 0 Å². The van der Waals surface area contributed by atoms with Gasteiger partial charge < -0.3 is 9.80 Å². The molecule has 0 unspecified atom stereocenters. The molecular weight excluding hydrogens is 422 g/mol. The summed E-state index contributed by atoms with van der Waals surface area (Å²) in [5.41, 5.74) is 0.594. The molecule has 0 bridgehead atoms. The maximum atomic E-state index is 13.1. The van der Waals surface area contributed by atoms with Crippen LogP contribution in [0.1, 0.15) is 31.2 Å². The molecule has 9 heteroatoms. The van der Waals surface area contributed by atoms with Crippen molar-refractivity contribution in [1.29, 1.82) is 0 Å². The van der Waals surface area contributed by atoms with Gasteiger partial charge >= 0.3 is 0 Å². The van der Waals surface area contributed by atoms with Crippen LogP contribution in [-0.4, -0.2) is 62.2 Å². The smallest absolute Gasteiger partial charge is 0.243 e. The van der Waals surface area contributed by atoms with E-state index in [1.807, 2.05) is 12.1 Å². The van der Waals surface area contributed by atoms with Gasteiger partial charge in [0.1, 0.15) is 0 Å². The predicted molar refractivity (Wildman–Crippen MR) is 120 cm³/mol. The number of sulfonamides is 1. The van der Waals surface area contributed by atoms with Crippen molar-refractivity contribution in [3.05, 3.63) is 40.9 Å². The highest BCUT2D eigenvalue weighted by Gasteiger charge is 2.30. The van der Waals surface area contributed by atoms with Crippen LogP contribution in [-0.2, 0) is 10.0 Å². The Labute approximate surface area is 183 Å². The van der Waals surface area contributed by atoms with Crippen molar-refractivity contribution >= 4 is 33.3 Å². The number of benzene rings is 1. The third kappa shape index (κ3) is 4.40. The minimum Gasteiger partial charge on any atom is -0.355 e. The van der Waals surface area contributed by atoms with E-state index in [0.717, 1.165) is 24.7 Å². The Morgan fingerprint density at radius 2 is 1.37 bits per heavy atom. The van der Waals surface area contributed by atoms with E-state index in [2.05, 4.69) is 20.0 Å². The van der Waals surface area contributed by atoms with E-state index in [9.17, 15) is 8.42 Å². The first kappa shape index (κ1) is 21.3. The highest BCUT2D eigenvalue weighted by Crippen LogP contribution is 2.27. The molecule has 0 N–H and O–H groups in total. The molecule has 1 aromatic carbocycles. The lowest BCUT2D eigenvalue weighted by Crippen LogP contribution is -2.49. The van der Waals surface area contributed by atoms with Crippen molar-refractivity contribution in [3.63, 3.8) is 0 Å². The van der Waals surface area contributed by atoms with Crippen molar-refractivity contribution in [3.8, 4) is 0 Å². The molecule has 2 aromatic rings. The summed E-state index contributed by atoms with van der Waals surface area (Å²) in [6.45, 7) is 5.79. The summed E-state index contributed by atoms with van der Waals surface area (Å²) in [6.07, 6.45) is 4.96. The van der Waals surface area contributed by atoms with E-state index < -0.39 is 10.0 Å². The quantitative estimate of drug-likeness (QED) is 0.713. The van der Waals surface area contributed by atoms with Gasteiger partial charge in [-0.15, -0.1) is 10.2 Å². The maximum Gasteiger partial charge on any atom is 0.243 e. The van der Waals surface area contributed by atoms with Crippen LogP contribution in [0.3, 0.4) is 0 Å². The molecule has 2 aliphatic heterocycles. The first-order chi connectivity index (χ1) is 14.5. The minimum absolute atomic E-state index is 0.282. The number of nitrogens with zero attached hydrogens (tertiary/aromatic N) is 5. The van der Waals surface area contributed by atoms with E-state index in [0.29, 0.717) is 36.8 Å². The number of rotatable bonds is 4. The third-order valence-electron chi connectivity index (χ3n) is 5.96. The molecule has 0 amide bonds. The van der Waals surface area contributed by atoms with Gasteiger partial charge in [0.15, 0.2) is 11.6 Å². The van der Waals surface area contributed by atoms with Gasteiger partial charge in [0.2, 0.25) is 10.0 Å². The van der Waals surface area contributed by atoms with Crippen LogP contribution in [0.4, 0.5) is 11.6 Å². The highest BCUT2D eigenvalue weighted by atomic mass is 35.5. The van der Waals surface area contributed by atoms with Crippen molar-refractivity contribution in [2.75, 3.05) is 49.1 Å². The molecule has 30 heavy (non-hydrogen) atoms. The van der Waals surface area contributed by atoms with E-state index in [4.69, 9.17) is 11.6 Å². The molecule has 2 aliphatic rings. The van der Waals surface area contributed by atoms with Crippen LogP contribution in [0, 0.1) is 6.92 Å². The van der Waals surface area contributed by atoms with E-state index in [-0.39, 0.29) is 4.90 Å². The van der Waals surface area contributed by atoms with Crippen molar-refractivity contribution < 1.29 is 8.42 Å². The highest BCUT2D eigenvalue weighted by molar-refractivity contribution is 7.89. The fourth-order valence-corrected chi connectivity index (χ4v) is 6.02. The summed E-state index contributed by atoms with van der Waals surface area (Å²) in [6, 6.07) is 9.04. The molecule has 0 spiro atoms. The Kier molecular flexibility index (Phi) is 6.46. The third-order valence-corrected chi connectivity index (χ3v) is 8.42. The minimum atomic E-state index is -3.57. The molecule has 0 radical (unpaired) electrons. The lowest BCUT2D eigenvalue weighted by atomic mass is 10.2. The zero-order valence-corrected chi connectivity index (χ0v) is 18.9. The predicted octanol–water partition coefficient (Wildman–Crippen LogP) is 3.33. The second-order valence-electron chi connectivity index (χ2n) is 7.91. The lowest BCUT2D eigenvalue weighted by Gasteiger charge is -2.34. The van der Waals surface area contributed by atoms with Gasteiger partial charge in [-0.1, -0.05) is 30.5 Å². The molecule has 0 saturated carbocycles. The first-order valence-electron chi connectivity index (χ1n) is 10.6. The van der Waals surface area contributed by atoms with Crippen molar-refractivity contribution in [2.24, 2.45) is 0 Å². The summed E-state index contributed by atoms with van der Waals surface area (Å²) in [5.74, 6) is 1.72. The summed E-state index contributed by atoms with van der Waals surface area (Å²) in [5, 5.41) is 9.34. The first-order valence-corrected chi connectivity index (χ1v) is 12.4. The van der Waals surface area contributed by atoms with Crippen LogP contribution >= 0.6 is 11.6 Å². The molecule has 1 aromatic heterocycles. The molecular formula is C21H28ClN5O2S. The Morgan fingerprint density at radius 1 is 0.800 bits per heavy atom. The summed E-state index contributed by atoms with van der Waals surface area (Å²) in [4.78, 5) is 4.68. The van der Waals surface area contributed by atoms with Gasteiger partial charge in [-0.05, 0) is 49.6 Å². The number of anilines is 2. The Morgan fingerprint density at radius 3 is 1.93 bits per heavy atom. The van der Waals surface area contributed by atoms with Gasteiger partial charge in [0.25, 0.3) is 0 Å². The summed E-state index contributed by atoms with van der Waals surface area (Å²) >= 11 is 6.13. The van der Waals surface area contributed by atoms with E-state index in [1.54, 1.807) is 25.1 Å². The molecule has 2 fully saturated rings. The molecule has 0 aliphatic carbocycles. The van der Waals surface area contributed by atoms with Crippen LogP contribution in [0.5, 0.6) is 0 Å². The largest absolute Gasteiger partial charge is 0.355 e. The number of aromatic nitrogens is 2. The number of hydrogen-bond donors (Lipinski definition) is 0. The van der Waals surface area contributed by atoms with Gasteiger partial charge in [0, 0.05) is 44.3 Å². The van der Waals surface area contributed by atoms with Gasteiger partial charge in [-0.3, -0.25) is 0 Å². The van der Waals surface area contributed by atoms with Crippen molar-refractivity contribution in [1.82, 2.24) is 14.5 Å². The fraction of sp³-hybridized carbons (Fsp3) is 0.524. The Hall–Kier alpha value is -1.90.